The van der Waals surface area contributed by atoms with Crippen LogP contribution in [0.1, 0.15) is 87.5 Å². The van der Waals surface area contributed by atoms with Crippen molar-refractivity contribution < 1.29 is 48.0 Å². The molecule has 5 rings (SSSR count). The Morgan fingerprint density at radius 2 is 1.71 bits per heavy atom. The van der Waals surface area contributed by atoms with Gasteiger partial charge in [0.25, 0.3) is 0 Å². The Hall–Kier alpha value is -3.90. The molecule has 17 nitrogen and oxygen atoms in total. The van der Waals surface area contributed by atoms with Gasteiger partial charge in [0.2, 0.25) is 5.82 Å². The molecule has 0 aliphatic carbocycles. The number of Topliss-reactive ketones (excluding diaryl/α,β-unsaturated/α-hetero) is 2. The summed E-state index contributed by atoms with van der Waals surface area (Å²) >= 11 is 0. The highest BCUT2D eigenvalue weighted by Crippen LogP contribution is 2.43. The number of aryl methyl sites for hydroxylation is 1. The summed E-state index contributed by atoms with van der Waals surface area (Å²) in [5.41, 5.74) is -2.10. The fraction of sp³-hybridized carbons (Fsp3) is 0.756. The Bertz CT molecular complexity index is 1750. The van der Waals surface area contributed by atoms with Crippen molar-refractivity contribution >= 4 is 23.6 Å². The van der Waals surface area contributed by atoms with E-state index >= 15 is 0 Å². The smallest absolute Gasteiger partial charge is 0.410 e. The zero-order chi connectivity index (χ0) is 42.7. The number of carbonyl (C=O) groups excluding carboxylic acids is 4. The first kappa shape index (κ1) is 45.2. The van der Waals surface area contributed by atoms with E-state index in [9.17, 15) is 24.3 Å². The first-order chi connectivity index (χ1) is 27.4. The predicted molar refractivity (Wildman–Crippen MR) is 210 cm³/mol. The number of ether oxygens (including phenoxy) is 5. The van der Waals surface area contributed by atoms with E-state index in [1.54, 1.807) is 64.8 Å². The van der Waals surface area contributed by atoms with Crippen molar-refractivity contribution in [3.05, 3.63) is 24.4 Å². The number of nitrogens with zero attached hydrogens (tertiary/aromatic N) is 7. The second kappa shape index (κ2) is 18.6. The van der Waals surface area contributed by atoms with Crippen molar-refractivity contribution in [1.29, 1.82) is 0 Å². The molecule has 322 valence electrons. The van der Waals surface area contributed by atoms with Crippen LogP contribution in [0.4, 0.5) is 4.79 Å². The number of esters is 1. The van der Waals surface area contributed by atoms with Gasteiger partial charge in [0.15, 0.2) is 17.7 Å². The number of fused-ring (bicyclic) bond motifs is 1. The number of carbonyl (C=O) groups is 4. The summed E-state index contributed by atoms with van der Waals surface area (Å²) in [5, 5.41) is 24.1. The number of aromatic nitrogens is 5. The normalized spacial score (nSPS) is 36.7. The summed E-state index contributed by atoms with van der Waals surface area (Å²) in [4.78, 5) is 66.0. The maximum Gasteiger partial charge on any atom is 0.410 e. The van der Waals surface area contributed by atoms with Gasteiger partial charge in [-0.2, -0.15) is 4.80 Å². The molecule has 17 heteroatoms. The molecule has 1 N–H and O–H groups in total. The highest BCUT2D eigenvalue weighted by molar-refractivity contribution is 6.00. The van der Waals surface area contributed by atoms with Crippen LogP contribution >= 0.6 is 0 Å². The van der Waals surface area contributed by atoms with Crippen LogP contribution in [0.2, 0.25) is 0 Å². The van der Waals surface area contributed by atoms with E-state index in [2.05, 4.69) is 20.4 Å². The molecule has 0 saturated carbocycles. The molecule has 3 saturated heterocycles. The number of amides is 1. The molecule has 58 heavy (non-hydrogen) atoms. The Morgan fingerprint density at radius 3 is 2.34 bits per heavy atom. The zero-order valence-electron chi connectivity index (χ0n) is 35.9. The van der Waals surface area contributed by atoms with Gasteiger partial charge in [0.1, 0.15) is 29.6 Å². The van der Waals surface area contributed by atoms with E-state index in [1.807, 2.05) is 32.0 Å². The van der Waals surface area contributed by atoms with E-state index in [0.717, 1.165) is 0 Å². The van der Waals surface area contributed by atoms with Gasteiger partial charge in [-0.05, 0) is 91.2 Å². The summed E-state index contributed by atoms with van der Waals surface area (Å²) in [6, 6.07) is 4.34. The van der Waals surface area contributed by atoms with Crippen molar-refractivity contribution in [1.82, 2.24) is 35.0 Å². The first-order valence-electron chi connectivity index (χ1n) is 20.5. The Labute approximate surface area is 341 Å². The minimum atomic E-state index is -1.43. The molecule has 2 aromatic heterocycles. The highest BCUT2D eigenvalue weighted by atomic mass is 16.7. The molecule has 3 fully saturated rings. The molecule has 3 aliphatic rings. The van der Waals surface area contributed by atoms with Gasteiger partial charge in [-0.25, -0.2) is 4.79 Å². The maximum absolute atomic E-state index is 14.7. The summed E-state index contributed by atoms with van der Waals surface area (Å²) in [6.07, 6.45) is -1.43. The van der Waals surface area contributed by atoms with Crippen molar-refractivity contribution in [3.8, 4) is 11.5 Å². The molecular weight excluding hydrogens is 750 g/mol. The number of aliphatic hydroxyl groups excluding tert-OH is 1. The lowest BCUT2D eigenvalue weighted by Crippen LogP contribution is -2.60. The molecule has 1 amide bonds. The molecule has 13 atom stereocenters. The number of methoxy groups -OCH3 is 1. The Morgan fingerprint density at radius 1 is 1.00 bits per heavy atom. The lowest BCUT2D eigenvalue weighted by Gasteiger charge is -2.47. The fourth-order valence-corrected chi connectivity index (χ4v) is 9.18. The number of rotatable bonds is 11. The SMILES string of the molecule is CC[C@H]1OC(=O)[C@H](C)C(=O)[C@H](C)[C@@H](O[C@@H]2O[C@H](C)C[C@H](N(C)C)[C@H]2O)[C@](C)(OC)C[C@@H](C)C(=O)[C@H](C)[C@H]2N(CCCCn3nnc(-c4ccccn4)n3)C(=O)O[C@]12C. The zero-order valence-corrected chi connectivity index (χ0v) is 35.9. The molecule has 3 aliphatic heterocycles. The van der Waals surface area contributed by atoms with Crippen molar-refractivity contribution in [2.24, 2.45) is 23.7 Å². The number of cyclic esters (lactones) is 1. The monoisotopic (exact) mass is 813 g/mol. The third-order valence-corrected chi connectivity index (χ3v) is 12.5. The molecule has 0 aromatic carbocycles. The topological polar surface area (TPSA) is 198 Å². The standard InChI is InChI=1S/C41H63N7O10/c1-12-30-41(8)34(47(39(53)58-41)19-15-16-20-48-44-36(43-45-48)28-17-13-14-18-42-28)25(4)31(49)23(2)22-40(7,54-11)35(26(5)32(50)27(6)37(52)56-30)57-38-33(51)29(46(9)10)21-24(3)55-38/h13-14,17-18,23-27,29-30,33-35,38,51H,12,15-16,19-22H2,1-11H3/t23-,24-,25+,26+,27-,29+,30-,33-,34-,35-,38+,40-,41-/m1/s1. The van der Waals surface area contributed by atoms with Gasteiger partial charge >= 0.3 is 12.1 Å². The fourth-order valence-electron chi connectivity index (χ4n) is 9.18. The number of aliphatic hydroxyl groups is 1. The number of unbranched alkanes of at least 4 members (excludes halogenated alkanes) is 1. The minimum absolute atomic E-state index is 0.115. The maximum atomic E-state index is 14.7. The van der Waals surface area contributed by atoms with E-state index in [4.69, 9.17) is 23.7 Å². The average Bonchev–Trinajstić information content (AvgIpc) is 3.78. The van der Waals surface area contributed by atoms with Crippen LogP contribution in [0.15, 0.2) is 24.4 Å². The third kappa shape index (κ3) is 9.28. The van der Waals surface area contributed by atoms with Crippen LogP contribution in [0, 0.1) is 23.7 Å². The van der Waals surface area contributed by atoms with Crippen LogP contribution in [-0.4, -0.2) is 145 Å². The minimum Gasteiger partial charge on any atom is -0.458 e. The summed E-state index contributed by atoms with van der Waals surface area (Å²) < 4.78 is 31.1. The number of pyridine rings is 1. The summed E-state index contributed by atoms with van der Waals surface area (Å²) in [6.45, 7) is 14.5. The predicted octanol–water partition coefficient (Wildman–Crippen LogP) is 3.72. The average molecular weight is 814 g/mol. The van der Waals surface area contributed by atoms with E-state index in [0.29, 0.717) is 37.3 Å². The largest absolute Gasteiger partial charge is 0.458 e. The van der Waals surface area contributed by atoms with Crippen molar-refractivity contribution in [2.45, 2.75) is 148 Å². The second-order valence-electron chi connectivity index (χ2n) is 17.0. The van der Waals surface area contributed by atoms with Crippen LogP contribution in [0.3, 0.4) is 0 Å². The summed E-state index contributed by atoms with van der Waals surface area (Å²) in [7, 11) is 5.22. The third-order valence-electron chi connectivity index (χ3n) is 12.5. The van der Waals surface area contributed by atoms with Crippen LogP contribution in [0.25, 0.3) is 11.5 Å². The highest BCUT2D eigenvalue weighted by Gasteiger charge is 2.60. The van der Waals surface area contributed by atoms with Crippen molar-refractivity contribution in [3.63, 3.8) is 0 Å². The van der Waals surface area contributed by atoms with E-state index in [1.165, 1.54) is 18.8 Å². The number of likely N-dealkylation sites (N-methyl/N-ethyl adjacent to an activating group) is 1. The lowest BCUT2D eigenvalue weighted by atomic mass is 9.73. The quantitative estimate of drug-likeness (QED) is 0.196. The Kier molecular flexibility index (Phi) is 14.5. The second-order valence-corrected chi connectivity index (χ2v) is 17.0. The van der Waals surface area contributed by atoms with Gasteiger partial charge in [-0.15, -0.1) is 10.2 Å². The van der Waals surface area contributed by atoms with Gasteiger partial charge in [0.05, 0.1) is 30.4 Å². The molecule has 0 bridgehead atoms. The molecule has 0 unspecified atom stereocenters. The molecule has 2 aromatic rings. The van der Waals surface area contributed by atoms with Gasteiger partial charge in [-0.1, -0.05) is 33.8 Å². The van der Waals surface area contributed by atoms with E-state index < -0.39 is 83.4 Å². The first-order valence-corrected chi connectivity index (χ1v) is 20.5. The molecular formula is C41H63N7O10. The van der Waals surface area contributed by atoms with Crippen molar-refractivity contribution in [2.75, 3.05) is 27.7 Å². The van der Waals surface area contributed by atoms with Crippen LogP contribution < -0.4 is 0 Å². The van der Waals surface area contributed by atoms with Gasteiger partial charge in [-0.3, -0.25) is 19.4 Å². The van der Waals surface area contributed by atoms with Gasteiger partial charge in [0, 0.05) is 43.6 Å². The molecule has 0 radical (unpaired) electrons. The van der Waals surface area contributed by atoms with Crippen LogP contribution in [0.5, 0.6) is 0 Å². The van der Waals surface area contributed by atoms with Crippen LogP contribution in [-0.2, 0) is 44.6 Å². The number of hydrogen-bond acceptors (Lipinski definition) is 15. The Balaban J connectivity index is 1.43. The van der Waals surface area contributed by atoms with Gasteiger partial charge < -0.3 is 38.6 Å². The lowest BCUT2D eigenvalue weighted by molar-refractivity contribution is -0.295. The van der Waals surface area contributed by atoms with E-state index in [-0.39, 0.29) is 37.3 Å². The number of ketones is 2. The number of hydrogen-bond donors (Lipinski definition) is 1. The molecule has 0 spiro atoms. The summed E-state index contributed by atoms with van der Waals surface area (Å²) in [5.74, 6) is -4.66. The number of tetrazole rings is 1. The molecule has 5 heterocycles.